The zero-order chi connectivity index (χ0) is 15.8. The van der Waals surface area contributed by atoms with Crippen LogP contribution >= 0.6 is 0 Å². The van der Waals surface area contributed by atoms with E-state index in [1.54, 1.807) is 6.92 Å². The quantitative estimate of drug-likeness (QED) is 0.907. The molecular weight excluding hydrogens is 301 g/mol. The molecule has 1 atom stereocenters. The highest BCUT2D eigenvalue weighted by molar-refractivity contribution is 7.89. The van der Waals surface area contributed by atoms with Crippen molar-refractivity contribution in [1.29, 1.82) is 0 Å². The number of rotatable bonds is 3. The van der Waals surface area contributed by atoms with Gasteiger partial charge >= 0.3 is 5.97 Å². The largest absolute Gasteiger partial charge is 0.478 e. The van der Waals surface area contributed by atoms with Gasteiger partial charge in [0.1, 0.15) is 5.82 Å². The smallest absolute Gasteiger partial charge is 0.335 e. The molecule has 0 radical (unpaired) electrons. The summed E-state index contributed by atoms with van der Waals surface area (Å²) in [7, 11) is -3.97. The molecule has 1 saturated heterocycles. The Labute approximate surface area is 122 Å². The van der Waals surface area contributed by atoms with Crippen molar-refractivity contribution in [3.63, 3.8) is 0 Å². The number of halogens is 1. The lowest BCUT2D eigenvalue weighted by Gasteiger charge is -2.32. The summed E-state index contributed by atoms with van der Waals surface area (Å²) in [4.78, 5) is 10.7. The van der Waals surface area contributed by atoms with E-state index in [0.29, 0.717) is 0 Å². The molecule has 0 saturated carbocycles. The predicted octanol–water partition coefficient (Wildman–Crippen LogP) is 1.24. The Balaban J connectivity index is 2.56. The van der Waals surface area contributed by atoms with Crippen LogP contribution in [-0.2, 0) is 14.8 Å². The van der Waals surface area contributed by atoms with Crippen molar-refractivity contribution in [2.75, 3.05) is 19.8 Å². The Morgan fingerprint density at radius 3 is 2.71 bits per heavy atom. The van der Waals surface area contributed by atoms with E-state index in [9.17, 15) is 17.6 Å². The van der Waals surface area contributed by atoms with E-state index in [1.165, 1.54) is 11.2 Å². The maximum Gasteiger partial charge on any atom is 0.335 e. The van der Waals surface area contributed by atoms with Gasteiger partial charge in [-0.3, -0.25) is 0 Å². The molecule has 116 valence electrons. The molecular formula is C13H16FNO5S. The van der Waals surface area contributed by atoms with Crippen LogP contribution in [0.15, 0.2) is 17.0 Å². The Morgan fingerprint density at radius 1 is 1.48 bits per heavy atom. The molecule has 21 heavy (non-hydrogen) atoms. The molecule has 1 fully saturated rings. The molecule has 1 aromatic rings. The van der Waals surface area contributed by atoms with Gasteiger partial charge in [0.15, 0.2) is 0 Å². The number of carbonyl (C=O) groups is 1. The van der Waals surface area contributed by atoms with Crippen molar-refractivity contribution in [2.24, 2.45) is 0 Å². The maximum atomic E-state index is 13.8. The lowest BCUT2D eigenvalue weighted by molar-refractivity contribution is 0.0392. The third-order valence-electron chi connectivity index (χ3n) is 3.44. The summed E-state index contributed by atoms with van der Waals surface area (Å²) in [6, 6.07) is 1.43. The molecule has 2 rings (SSSR count). The standard InChI is InChI=1S/C13H16FNO5S/c1-8-7-20-4-3-15(8)21(18,19)12-6-10(13(16)17)5-11(14)9(12)2/h5-6,8H,3-4,7H2,1-2H3,(H,16,17). The number of hydrogen-bond donors (Lipinski definition) is 1. The average Bonchev–Trinajstić information content (AvgIpc) is 2.41. The SMILES string of the molecule is Cc1c(F)cc(C(=O)O)cc1S(=O)(=O)N1CCOCC1C. The van der Waals surface area contributed by atoms with E-state index in [4.69, 9.17) is 9.84 Å². The van der Waals surface area contributed by atoms with Gasteiger partial charge in [0.2, 0.25) is 10.0 Å². The topological polar surface area (TPSA) is 83.9 Å². The number of hydrogen-bond acceptors (Lipinski definition) is 4. The van der Waals surface area contributed by atoms with Crippen molar-refractivity contribution in [3.8, 4) is 0 Å². The first-order valence-corrected chi connectivity index (χ1v) is 7.82. The molecule has 0 bridgehead atoms. The number of nitrogens with zero attached hydrogens (tertiary/aromatic N) is 1. The van der Waals surface area contributed by atoms with Crippen LogP contribution in [0, 0.1) is 12.7 Å². The first-order chi connectivity index (χ1) is 9.75. The normalized spacial score (nSPS) is 20.4. The Kier molecular flexibility index (Phi) is 4.31. The van der Waals surface area contributed by atoms with Gasteiger partial charge in [0, 0.05) is 18.2 Å². The number of aromatic carboxylic acids is 1. The summed E-state index contributed by atoms with van der Waals surface area (Å²) < 4.78 is 45.5. The summed E-state index contributed by atoms with van der Waals surface area (Å²) in [6.07, 6.45) is 0. The highest BCUT2D eigenvalue weighted by atomic mass is 32.2. The summed E-state index contributed by atoms with van der Waals surface area (Å²) in [5.74, 6) is -2.23. The number of benzene rings is 1. The molecule has 1 aliphatic rings. The van der Waals surface area contributed by atoms with Gasteiger partial charge in [-0.1, -0.05) is 0 Å². The van der Waals surface area contributed by atoms with Crippen LogP contribution < -0.4 is 0 Å². The monoisotopic (exact) mass is 317 g/mol. The van der Waals surface area contributed by atoms with Gasteiger partial charge in [-0.25, -0.2) is 17.6 Å². The van der Waals surface area contributed by atoms with E-state index < -0.39 is 27.4 Å². The Morgan fingerprint density at radius 2 is 2.14 bits per heavy atom. The molecule has 1 heterocycles. The molecule has 6 nitrogen and oxygen atoms in total. The molecule has 1 N–H and O–H groups in total. The molecule has 1 aliphatic heterocycles. The number of ether oxygens (including phenoxy) is 1. The van der Waals surface area contributed by atoms with Crippen molar-refractivity contribution >= 4 is 16.0 Å². The number of carboxylic acids is 1. The molecule has 1 aromatic carbocycles. The molecule has 0 amide bonds. The van der Waals surface area contributed by atoms with Gasteiger partial charge < -0.3 is 9.84 Å². The molecule has 0 spiro atoms. The van der Waals surface area contributed by atoms with Crippen LogP contribution in [0.2, 0.25) is 0 Å². The Hall–Kier alpha value is -1.51. The van der Waals surface area contributed by atoms with E-state index in [-0.39, 0.29) is 36.3 Å². The maximum absolute atomic E-state index is 13.8. The fourth-order valence-corrected chi connectivity index (χ4v) is 4.10. The van der Waals surface area contributed by atoms with Gasteiger partial charge in [0.25, 0.3) is 0 Å². The zero-order valence-electron chi connectivity index (χ0n) is 11.7. The minimum absolute atomic E-state index is 0.0845. The summed E-state index contributed by atoms with van der Waals surface area (Å²) >= 11 is 0. The third-order valence-corrected chi connectivity index (χ3v) is 5.58. The highest BCUT2D eigenvalue weighted by Crippen LogP contribution is 2.26. The van der Waals surface area contributed by atoms with E-state index in [2.05, 4.69) is 0 Å². The van der Waals surface area contributed by atoms with Crippen molar-refractivity contribution in [3.05, 3.63) is 29.1 Å². The van der Waals surface area contributed by atoms with Crippen LogP contribution in [-0.4, -0.2) is 49.6 Å². The lowest BCUT2D eigenvalue weighted by Crippen LogP contribution is -2.47. The second-order valence-corrected chi connectivity index (χ2v) is 6.79. The first-order valence-electron chi connectivity index (χ1n) is 6.38. The second kappa shape index (κ2) is 5.70. The van der Waals surface area contributed by atoms with Gasteiger partial charge in [-0.05, 0) is 26.0 Å². The number of morpholine rings is 1. The number of sulfonamides is 1. The van der Waals surface area contributed by atoms with Gasteiger partial charge in [0.05, 0.1) is 23.7 Å². The lowest BCUT2D eigenvalue weighted by atomic mass is 10.1. The summed E-state index contributed by atoms with van der Waals surface area (Å²) in [5.41, 5.74) is -0.476. The van der Waals surface area contributed by atoms with E-state index >= 15 is 0 Å². The highest BCUT2D eigenvalue weighted by Gasteiger charge is 2.33. The Bertz CT molecular complexity index is 673. The molecule has 8 heteroatoms. The fraction of sp³-hybridized carbons (Fsp3) is 0.462. The molecule has 0 aromatic heterocycles. The summed E-state index contributed by atoms with van der Waals surface area (Å²) in [5, 5.41) is 8.96. The third kappa shape index (κ3) is 2.92. The van der Waals surface area contributed by atoms with Crippen molar-refractivity contribution in [1.82, 2.24) is 4.31 Å². The second-order valence-electron chi connectivity index (χ2n) is 4.93. The zero-order valence-corrected chi connectivity index (χ0v) is 12.5. The van der Waals surface area contributed by atoms with Gasteiger partial charge in [-0.2, -0.15) is 4.31 Å². The number of carboxylic acid groups (broad SMARTS) is 1. The van der Waals surface area contributed by atoms with E-state index in [0.717, 1.165) is 12.1 Å². The average molecular weight is 317 g/mol. The van der Waals surface area contributed by atoms with Crippen LogP contribution in [0.1, 0.15) is 22.8 Å². The van der Waals surface area contributed by atoms with Crippen LogP contribution in [0.25, 0.3) is 0 Å². The minimum atomic E-state index is -3.97. The summed E-state index contributed by atoms with van der Waals surface area (Å²) in [6.45, 7) is 3.66. The molecule has 0 aliphatic carbocycles. The first kappa shape index (κ1) is 15.9. The van der Waals surface area contributed by atoms with Crippen molar-refractivity contribution < 1.29 is 27.4 Å². The molecule has 1 unspecified atom stereocenters. The van der Waals surface area contributed by atoms with Crippen LogP contribution in [0.3, 0.4) is 0 Å². The predicted molar refractivity (Wildman–Crippen MR) is 72.3 cm³/mol. The van der Waals surface area contributed by atoms with Crippen molar-refractivity contribution in [2.45, 2.75) is 24.8 Å². The fourth-order valence-electron chi connectivity index (χ4n) is 2.24. The van der Waals surface area contributed by atoms with E-state index in [1.807, 2.05) is 0 Å². The van der Waals surface area contributed by atoms with Crippen LogP contribution in [0.4, 0.5) is 4.39 Å². The van der Waals surface area contributed by atoms with Gasteiger partial charge in [-0.15, -0.1) is 0 Å². The minimum Gasteiger partial charge on any atom is -0.478 e. The van der Waals surface area contributed by atoms with Crippen LogP contribution in [0.5, 0.6) is 0 Å².